The van der Waals surface area contributed by atoms with E-state index >= 15 is 0 Å². The van der Waals surface area contributed by atoms with E-state index in [1.54, 1.807) is 24.3 Å². The Morgan fingerprint density at radius 3 is 2.42 bits per heavy atom. The summed E-state index contributed by atoms with van der Waals surface area (Å²) in [6, 6.07) is 16.3. The normalized spacial score (nSPS) is 11.2. The Hall–Kier alpha value is -3.63. The fourth-order valence-electron chi connectivity index (χ4n) is 2.81. The van der Waals surface area contributed by atoms with Crippen molar-refractivity contribution in [3.8, 4) is 23.0 Å². The Kier molecular flexibility index (Phi) is 6.47. The molecule has 0 saturated carbocycles. The third kappa shape index (κ3) is 5.41. The van der Waals surface area contributed by atoms with E-state index in [-0.39, 0.29) is 34.7 Å². The summed E-state index contributed by atoms with van der Waals surface area (Å²) < 4.78 is 57.7. The molecule has 0 aliphatic heterocycles. The molecule has 11 heteroatoms. The number of halogens is 2. The minimum absolute atomic E-state index is 0.0110. The summed E-state index contributed by atoms with van der Waals surface area (Å²) in [6.07, 6.45) is 0. The van der Waals surface area contributed by atoms with Gasteiger partial charge in [-0.1, -0.05) is 11.6 Å². The number of nitrogens with zero attached hydrogens (tertiary/aromatic N) is 2. The lowest BCUT2D eigenvalue weighted by Gasteiger charge is -2.10. The van der Waals surface area contributed by atoms with E-state index < -0.39 is 15.8 Å². The summed E-state index contributed by atoms with van der Waals surface area (Å²) in [4.78, 5) is 0.0110. The van der Waals surface area contributed by atoms with Gasteiger partial charge in [-0.2, -0.15) is 0 Å². The van der Waals surface area contributed by atoms with Crippen molar-refractivity contribution in [3.05, 3.63) is 83.5 Å². The van der Waals surface area contributed by atoms with Crippen LogP contribution in [0.1, 0.15) is 5.89 Å². The predicted octanol–water partition coefficient (Wildman–Crippen LogP) is 4.92. The lowest BCUT2D eigenvalue weighted by atomic mass is 10.2. The van der Waals surface area contributed by atoms with E-state index in [0.29, 0.717) is 16.3 Å². The topological polar surface area (TPSA) is 104 Å². The van der Waals surface area contributed by atoms with Crippen molar-refractivity contribution >= 4 is 27.3 Å². The van der Waals surface area contributed by atoms with Crippen molar-refractivity contribution < 1.29 is 26.7 Å². The van der Waals surface area contributed by atoms with Gasteiger partial charge >= 0.3 is 0 Å². The molecule has 1 heterocycles. The van der Waals surface area contributed by atoms with E-state index in [1.807, 2.05) is 0 Å². The first kappa shape index (κ1) is 22.6. The lowest BCUT2D eigenvalue weighted by molar-refractivity contribution is 0.253. The van der Waals surface area contributed by atoms with Gasteiger partial charge in [0, 0.05) is 16.7 Å². The van der Waals surface area contributed by atoms with Gasteiger partial charge in [0.15, 0.2) is 18.2 Å². The van der Waals surface area contributed by atoms with Gasteiger partial charge in [0.05, 0.1) is 17.7 Å². The van der Waals surface area contributed by atoms with Crippen LogP contribution in [0.4, 0.5) is 10.1 Å². The second-order valence-corrected chi connectivity index (χ2v) is 8.84. The van der Waals surface area contributed by atoms with Crippen molar-refractivity contribution in [2.75, 3.05) is 11.8 Å². The van der Waals surface area contributed by atoms with E-state index in [2.05, 4.69) is 14.9 Å². The smallest absolute Gasteiger partial charge is 0.261 e. The number of rotatable bonds is 8. The number of ether oxygens (including phenoxy) is 2. The number of anilines is 1. The largest absolute Gasteiger partial charge is 0.497 e. The van der Waals surface area contributed by atoms with Gasteiger partial charge in [-0.05, 0) is 60.7 Å². The molecule has 33 heavy (non-hydrogen) atoms. The maximum Gasteiger partial charge on any atom is 0.261 e. The summed E-state index contributed by atoms with van der Waals surface area (Å²) in [7, 11) is -2.43. The molecule has 4 aromatic rings. The molecule has 0 aliphatic carbocycles. The number of benzene rings is 3. The second-order valence-electron chi connectivity index (χ2n) is 6.72. The van der Waals surface area contributed by atoms with E-state index in [9.17, 15) is 12.8 Å². The number of methoxy groups -OCH3 is 1. The third-order valence-electron chi connectivity index (χ3n) is 4.46. The van der Waals surface area contributed by atoms with Gasteiger partial charge in [0.25, 0.3) is 15.9 Å². The molecule has 170 valence electrons. The molecule has 0 atom stereocenters. The summed E-state index contributed by atoms with van der Waals surface area (Å²) in [5.41, 5.74) is 0.719. The molecular formula is C22H17ClFN3O5S. The minimum Gasteiger partial charge on any atom is -0.497 e. The maximum atomic E-state index is 14.5. The SMILES string of the molecule is COc1ccc(S(=O)(=O)Nc2ccc(OCc3nnc(-c4ccc(Cl)cc4)o3)c(F)c2)cc1. The average Bonchev–Trinajstić information content (AvgIpc) is 3.28. The van der Waals surface area contributed by atoms with Gasteiger partial charge in [0.1, 0.15) is 5.75 Å². The second kappa shape index (κ2) is 9.47. The van der Waals surface area contributed by atoms with Crippen LogP contribution in [0.2, 0.25) is 5.02 Å². The van der Waals surface area contributed by atoms with E-state index in [0.717, 1.165) is 6.07 Å². The molecule has 0 aliphatic rings. The van der Waals surface area contributed by atoms with Crippen LogP contribution < -0.4 is 14.2 Å². The number of aromatic nitrogens is 2. The highest BCUT2D eigenvalue weighted by atomic mass is 35.5. The van der Waals surface area contributed by atoms with Gasteiger partial charge in [-0.15, -0.1) is 10.2 Å². The molecule has 0 spiro atoms. The molecule has 3 aromatic carbocycles. The fourth-order valence-corrected chi connectivity index (χ4v) is 3.99. The number of nitrogens with one attached hydrogen (secondary N) is 1. The van der Waals surface area contributed by atoms with Crippen LogP contribution in [-0.4, -0.2) is 25.7 Å². The van der Waals surface area contributed by atoms with Crippen molar-refractivity contribution in [2.24, 2.45) is 0 Å². The Labute approximate surface area is 194 Å². The molecule has 0 radical (unpaired) electrons. The van der Waals surface area contributed by atoms with Gasteiger partial charge in [-0.25, -0.2) is 12.8 Å². The summed E-state index contributed by atoms with van der Waals surface area (Å²) >= 11 is 5.86. The van der Waals surface area contributed by atoms with Crippen LogP contribution in [0.3, 0.4) is 0 Å². The van der Waals surface area contributed by atoms with Crippen molar-refractivity contribution in [3.63, 3.8) is 0 Å². The van der Waals surface area contributed by atoms with Crippen LogP contribution in [0.25, 0.3) is 11.5 Å². The van der Waals surface area contributed by atoms with Crippen molar-refractivity contribution in [1.29, 1.82) is 0 Å². The van der Waals surface area contributed by atoms with Gasteiger partial charge in [0.2, 0.25) is 5.89 Å². The number of sulfonamides is 1. The van der Waals surface area contributed by atoms with Crippen LogP contribution in [0.15, 0.2) is 76.0 Å². The van der Waals surface area contributed by atoms with Gasteiger partial charge < -0.3 is 13.9 Å². The first-order chi connectivity index (χ1) is 15.8. The Balaban J connectivity index is 1.41. The molecule has 0 fully saturated rings. The van der Waals surface area contributed by atoms with Gasteiger partial charge in [-0.3, -0.25) is 4.72 Å². The molecule has 0 unspecified atom stereocenters. The fraction of sp³-hybridized carbons (Fsp3) is 0.0909. The summed E-state index contributed by atoms with van der Waals surface area (Å²) in [5, 5.41) is 8.38. The number of hydrogen-bond donors (Lipinski definition) is 1. The van der Waals surface area contributed by atoms with Crippen LogP contribution >= 0.6 is 11.6 Å². The predicted molar refractivity (Wildman–Crippen MR) is 119 cm³/mol. The molecule has 4 rings (SSSR count). The van der Waals surface area contributed by atoms with Crippen molar-refractivity contribution in [1.82, 2.24) is 10.2 Å². The molecule has 1 aromatic heterocycles. The first-order valence-electron chi connectivity index (χ1n) is 9.51. The summed E-state index contributed by atoms with van der Waals surface area (Å²) in [6.45, 7) is -0.172. The van der Waals surface area contributed by atoms with Crippen LogP contribution in [0.5, 0.6) is 11.5 Å². The summed E-state index contributed by atoms with van der Waals surface area (Å²) in [5.74, 6) is 0.0664. The standard InChI is InChI=1S/C22H17ClFN3O5S/c1-30-17-7-9-18(10-8-17)33(28,29)27-16-6-11-20(19(24)12-16)31-13-21-25-26-22(32-21)14-2-4-15(23)5-3-14/h2-12,27H,13H2,1H3. The van der Waals surface area contributed by atoms with Crippen molar-refractivity contribution in [2.45, 2.75) is 11.5 Å². The molecule has 0 saturated heterocycles. The lowest BCUT2D eigenvalue weighted by Crippen LogP contribution is -2.13. The highest BCUT2D eigenvalue weighted by Crippen LogP contribution is 2.25. The zero-order chi connectivity index (χ0) is 23.4. The van der Waals surface area contributed by atoms with E-state index in [1.165, 1.54) is 43.5 Å². The zero-order valence-electron chi connectivity index (χ0n) is 17.2. The Bertz CT molecular complexity index is 1360. The Morgan fingerprint density at radius 1 is 1.03 bits per heavy atom. The molecular weight excluding hydrogens is 473 g/mol. The molecule has 8 nitrogen and oxygen atoms in total. The first-order valence-corrected chi connectivity index (χ1v) is 11.4. The molecule has 1 N–H and O–H groups in total. The maximum absolute atomic E-state index is 14.5. The minimum atomic E-state index is -3.90. The highest BCUT2D eigenvalue weighted by Gasteiger charge is 2.16. The van der Waals surface area contributed by atoms with Crippen LogP contribution in [-0.2, 0) is 16.6 Å². The number of hydrogen-bond acceptors (Lipinski definition) is 7. The quantitative estimate of drug-likeness (QED) is 0.374. The van der Waals surface area contributed by atoms with E-state index in [4.69, 9.17) is 25.5 Å². The third-order valence-corrected chi connectivity index (χ3v) is 6.11. The van der Waals surface area contributed by atoms with Crippen LogP contribution in [0, 0.1) is 5.82 Å². The zero-order valence-corrected chi connectivity index (χ0v) is 18.7. The highest BCUT2D eigenvalue weighted by molar-refractivity contribution is 7.92. The monoisotopic (exact) mass is 489 g/mol. The molecule has 0 bridgehead atoms. The molecule has 0 amide bonds. The Morgan fingerprint density at radius 2 is 1.76 bits per heavy atom. The average molecular weight is 490 g/mol.